The summed E-state index contributed by atoms with van der Waals surface area (Å²) >= 11 is 0. The lowest BCUT2D eigenvalue weighted by molar-refractivity contribution is -0.154. The van der Waals surface area contributed by atoms with Gasteiger partial charge in [-0.25, -0.2) is 13.9 Å². The van der Waals surface area contributed by atoms with Crippen LogP contribution in [0.2, 0.25) is 0 Å². The van der Waals surface area contributed by atoms with E-state index in [1.165, 1.54) is 21.7 Å². The van der Waals surface area contributed by atoms with E-state index in [1.807, 2.05) is 19.9 Å². The average Bonchev–Trinajstić information content (AvgIpc) is 2.92. The van der Waals surface area contributed by atoms with Gasteiger partial charge in [-0.3, -0.25) is 4.79 Å². The molecule has 1 N–H and O–H groups in total. The van der Waals surface area contributed by atoms with Gasteiger partial charge in [-0.15, -0.1) is 0 Å². The molecule has 2 heterocycles. The number of carboxylic acid groups (broad SMARTS) is 1. The largest absolute Gasteiger partial charge is 0.479 e. The number of carboxylic acids is 1. The Kier molecular flexibility index (Phi) is 4.54. The summed E-state index contributed by atoms with van der Waals surface area (Å²) in [4.78, 5) is 24.9. The van der Waals surface area contributed by atoms with Crippen molar-refractivity contribution in [2.45, 2.75) is 20.0 Å². The van der Waals surface area contributed by atoms with E-state index in [4.69, 9.17) is 9.84 Å². The molecule has 1 aromatic carbocycles. The summed E-state index contributed by atoms with van der Waals surface area (Å²) in [6.45, 7) is 3.97. The fourth-order valence-corrected chi connectivity index (χ4v) is 2.85. The van der Waals surface area contributed by atoms with Crippen LogP contribution in [0, 0.1) is 19.7 Å². The first-order valence-corrected chi connectivity index (χ1v) is 7.83. The smallest absolute Gasteiger partial charge is 0.334 e. The molecule has 2 aromatic rings. The molecule has 1 amide bonds. The quantitative estimate of drug-likeness (QED) is 0.911. The molecule has 0 radical (unpaired) electrons. The van der Waals surface area contributed by atoms with Gasteiger partial charge in [0.15, 0.2) is 6.10 Å². The molecule has 0 aliphatic carbocycles. The molecule has 0 bridgehead atoms. The van der Waals surface area contributed by atoms with Crippen molar-refractivity contribution in [3.8, 4) is 5.69 Å². The molecule has 7 nitrogen and oxygen atoms in total. The Labute approximate surface area is 143 Å². The molecule has 0 spiro atoms. The van der Waals surface area contributed by atoms with Gasteiger partial charge < -0.3 is 14.7 Å². The number of halogens is 1. The third-order valence-electron chi connectivity index (χ3n) is 4.06. The summed E-state index contributed by atoms with van der Waals surface area (Å²) in [5.41, 5.74) is 1.97. The fourth-order valence-electron chi connectivity index (χ4n) is 2.85. The van der Waals surface area contributed by atoms with Gasteiger partial charge in [-0.2, -0.15) is 5.10 Å². The molecule has 1 unspecified atom stereocenters. The van der Waals surface area contributed by atoms with Crippen LogP contribution >= 0.6 is 0 Å². The zero-order chi connectivity index (χ0) is 18.1. The molecular formula is C17H18FN3O4. The zero-order valence-electron chi connectivity index (χ0n) is 13.9. The second-order valence-corrected chi connectivity index (χ2v) is 5.95. The number of benzene rings is 1. The van der Waals surface area contributed by atoms with Crippen molar-refractivity contribution >= 4 is 11.9 Å². The predicted octanol–water partition coefficient (Wildman–Crippen LogP) is 1.55. The van der Waals surface area contributed by atoms with Crippen molar-refractivity contribution in [3.05, 3.63) is 47.0 Å². The van der Waals surface area contributed by atoms with Crippen molar-refractivity contribution in [1.82, 2.24) is 14.7 Å². The van der Waals surface area contributed by atoms with Crippen LogP contribution in [-0.4, -0.2) is 57.5 Å². The summed E-state index contributed by atoms with van der Waals surface area (Å²) in [6.07, 6.45) is -1.06. The lowest BCUT2D eigenvalue weighted by Crippen LogP contribution is -2.48. The van der Waals surface area contributed by atoms with Crippen LogP contribution in [0.4, 0.5) is 4.39 Å². The Bertz CT molecular complexity index is 833. The Morgan fingerprint density at radius 3 is 2.68 bits per heavy atom. The van der Waals surface area contributed by atoms with Crippen molar-refractivity contribution in [1.29, 1.82) is 0 Å². The van der Waals surface area contributed by atoms with Crippen LogP contribution < -0.4 is 0 Å². The third-order valence-corrected chi connectivity index (χ3v) is 4.06. The first-order chi connectivity index (χ1) is 11.9. The first kappa shape index (κ1) is 17.1. The van der Waals surface area contributed by atoms with Crippen molar-refractivity contribution in [2.75, 3.05) is 19.7 Å². The average molecular weight is 347 g/mol. The van der Waals surface area contributed by atoms with Gasteiger partial charge in [0.25, 0.3) is 5.91 Å². The van der Waals surface area contributed by atoms with E-state index in [2.05, 4.69) is 5.10 Å². The van der Waals surface area contributed by atoms with E-state index in [0.717, 1.165) is 17.5 Å². The molecule has 1 fully saturated rings. The number of nitrogens with zero attached hydrogens (tertiary/aromatic N) is 3. The molecule has 0 saturated carbocycles. The van der Waals surface area contributed by atoms with Gasteiger partial charge in [0.05, 0.1) is 18.8 Å². The van der Waals surface area contributed by atoms with E-state index in [0.29, 0.717) is 0 Å². The monoisotopic (exact) mass is 347 g/mol. The number of aryl methyl sites for hydroxylation is 2. The maximum absolute atomic E-state index is 14.5. The minimum absolute atomic E-state index is 0.0605. The van der Waals surface area contributed by atoms with Crippen LogP contribution in [0.15, 0.2) is 24.3 Å². The molecule has 3 rings (SSSR count). The third kappa shape index (κ3) is 3.39. The lowest BCUT2D eigenvalue weighted by atomic mass is 10.1. The highest BCUT2D eigenvalue weighted by Crippen LogP contribution is 2.19. The van der Waals surface area contributed by atoms with Gasteiger partial charge in [0.2, 0.25) is 0 Å². The van der Waals surface area contributed by atoms with Crippen molar-refractivity contribution in [2.24, 2.45) is 0 Å². The van der Waals surface area contributed by atoms with Crippen LogP contribution in [0.5, 0.6) is 0 Å². The van der Waals surface area contributed by atoms with Gasteiger partial charge in [-0.1, -0.05) is 0 Å². The lowest BCUT2D eigenvalue weighted by Gasteiger charge is -2.31. The van der Waals surface area contributed by atoms with E-state index in [-0.39, 0.29) is 30.9 Å². The Balaban J connectivity index is 1.84. The number of aliphatic carboxylic acids is 1. The highest BCUT2D eigenvalue weighted by atomic mass is 19.1. The topological polar surface area (TPSA) is 84.7 Å². The number of rotatable bonds is 3. The number of carbonyl (C=O) groups excluding carboxylic acids is 1. The van der Waals surface area contributed by atoms with Crippen molar-refractivity contribution < 1.29 is 23.8 Å². The summed E-state index contributed by atoms with van der Waals surface area (Å²) in [7, 11) is 0. The van der Waals surface area contributed by atoms with Gasteiger partial charge in [0.1, 0.15) is 11.5 Å². The number of hydrogen-bond acceptors (Lipinski definition) is 4. The maximum atomic E-state index is 14.5. The van der Waals surface area contributed by atoms with Crippen LogP contribution in [0.1, 0.15) is 21.7 Å². The Morgan fingerprint density at radius 2 is 2.08 bits per heavy atom. The number of aromatic nitrogens is 2. The zero-order valence-corrected chi connectivity index (χ0v) is 13.9. The summed E-state index contributed by atoms with van der Waals surface area (Å²) in [5, 5.41) is 13.2. The Morgan fingerprint density at radius 1 is 1.32 bits per heavy atom. The minimum atomic E-state index is -1.12. The predicted molar refractivity (Wildman–Crippen MR) is 86.3 cm³/mol. The molecular weight excluding hydrogens is 329 g/mol. The summed E-state index contributed by atoms with van der Waals surface area (Å²) < 4.78 is 21.1. The highest BCUT2D eigenvalue weighted by Gasteiger charge is 2.29. The number of amides is 1. The molecule has 1 aromatic heterocycles. The highest BCUT2D eigenvalue weighted by molar-refractivity contribution is 5.95. The van der Waals surface area contributed by atoms with Crippen LogP contribution in [-0.2, 0) is 9.53 Å². The van der Waals surface area contributed by atoms with Gasteiger partial charge >= 0.3 is 5.97 Å². The minimum Gasteiger partial charge on any atom is -0.479 e. The number of ether oxygens (including phenoxy) is 1. The standard InChI is InChI=1S/C17H18FN3O4/c1-10-7-11(2)21(19-10)14-4-3-12(8-13(14)18)16(22)20-5-6-25-15(9-20)17(23)24/h3-4,7-8,15H,5-6,9H2,1-2H3,(H,23,24). The van der Waals surface area contributed by atoms with Crippen LogP contribution in [0.25, 0.3) is 5.69 Å². The normalized spacial score (nSPS) is 17.6. The Hall–Kier alpha value is -2.74. The summed E-state index contributed by atoms with van der Waals surface area (Å²) in [6, 6.07) is 6.00. The first-order valence-electron chi connectivity index (χ1n) is 7.83. The SMILES string of the molecule is Cc1cc(C)n(-c2ccc(C(=O)N3CCOC(C(=O)O)C3)cc2F)n1. The second kappa shape index (κ2) is 6.64. The molecule has 1 atom stereocenters. The van der Waals surface area contributed by atoms with E-state index >= 15 is 0 Å². The van der Waals surface area contributed by atoms with E-state index in [9.17, 15) is 14.0 Å². The fraction of sp³-hybridized carbons (Fsp3) is 0.353. The molecule has 1 aliphatic heterocycles. The second-order valence-electron chi connectivity index (χ2n) is 5.95. The molecule has 132 valence electrons. The molecule has 1 saturated heterocycles. The van der Waals surface area contributed by atoms with Gasteiger partial charge in [0, 0.05) is 17.8 Å². The molecule has 8 heteroatoms. The van der Waals surface area contributed by atoms with Gasteiger partial charge in [-0.05, 0) is 38.1 Å². The summed E-state index contributed by atoms with van der Waals surface area (Å²) in [5.74, 6) is -2.11. The molecule has 25 heavy (non-hydrogen) atoms. The number of morpholine rings is 1. The van der Waals surface area contributed by atoms with Crippen LogP contribution in [0.3, 0.4) is 0 Å². The number of hydrogen-bond donors (Lipinski definition) is 1. The maximum Gasteiger partial charge on any atom is 0.334 e. The number of carbonyl (C=O) groups is 2. The molecule has 1 aliphatic rings. The van der Waals surface area contributed by atoms with E-state index in [1.54, 1.807) is 0 Å². The van der Waals surface area contributed by atoms with E-state index < -0.39 is 23.8 Å². The van der Waals surface area contributed by atoms with Crippen molar-refractivity contribution in [3.63, 3.8) is 0 Å².